The molecule has 0 aliphatic heterocycles. The molecule has 0 amide bonds. The van der Waals surface area contributed by atoms with Crippen molar-refractivity contribution in [2.75, 3.05) is 0 Å². The van der Waals surface area contributed by atoms with Crippen molar-refractivity contribution < 1.29 is 0 Å². The molecule has 2 aromatic heterocycles. The molecule has 218 valence electrons. The zero-order valence-electron chi connectivity index (χ0n) is 26.3. The van der Waals surface area contributed by atoms with Gasteiger partial charge < -0.3 is 4.40 Å². The minimum absolute atomic E-state index is 1.24. The van der Waals surface area contributed by atoms with E-state index in [9.17, 15) is 0 Å². The van der Waals surface area contributed by atoms with Crippen LogP contribution in [0.25, 0.3) is 82.6 Å². The Balaban J connectivity index is 1.36. The van der Waals surface area contributed by atoms with Gasteiger partial charge in [-0.15, -0.1) is 0 Å². The molecule has 0 atom stereocenters. The van der Waals surface area contributed by atoms with Crippen molar-refractivity contribution in [3.8, 4) is 44.5 Å². The highest BCUT2D eigenvalue weighted by Gasteiger charge is 2.20. The lowest BCUT2D eigenvalue weighted by atomic mass is 9.85. The highest BCUT2D eigenvalue weighted by molar-refractivity contribution is 6.24. The van der Waals surface area contributed by atoms with Gasteiger partial charge in [-0.05, 0) is 124 Å². The molecule has 0 aliphatic carbocycles. The molecular weight excluding hydrogens is 555 g/mol. The molecule has 1 nitrogen and oxygen atoms in total. The average Bonchev–Trinajstić information content (AvgIpc) is 3.61. The third kappa shape index (κ3) is 3.95. The normalized spacial score (nSPS) is 11.8. The van der Waals surface area contributed by atoms with Crippen LogP contribution in [0.1, 0.15) is 16.7 Å². The summed E-state index contributed by atoms with van der Waals surface area (Å²) in [5.41, 5.74) is 17.8. The molecule has 46 heavy (non-hydrogen) atoms. The molecule has 7 aromatic carbocycles. The molecular formula is C45H33N. The van der Waals surface area contributed by atoms with E-state index in [1.165, 1.54) is 99.3 Å². The zero-order valence-corrected chi connectivity index (χ0v) is 26.3. The van der Waals surface area contributed by atoms with Crippen molar-refractivity contribution in [3.63, 3.8) is 0 Å². The molecule has 0 fully saturated rings. The van der Waals surface area contributed by atoms with E-state index in [1.54, 1.807) is 0 Å². The lowest BCUT2D eigenvalue weighted by Gasteiger charge is -2.19. The van der Waals surface area contributed by atoms with Gasteiger partial charge in [-0.2, -0.15) is 0 Å². The summed E-state index contributed by atoms with van der Waals surface area (Å²) in [4.78, 5) is 0. The summed E-state index contributed by atoms with van der Waals surface area (Å²) in [7, 11) is 0. The van der Waals surface area contributed by atoms with Gasteiger partial charge in [0.1, 0.15) is 0 Å². The molecule has 9 aromatic rings. The Labute approximate surface area is 269 Å². The maximum absolute atomic E-state index is 2.46. The highest BCUT2D eigenvalue weighted by Crippen LogP contribution is 2.44. The molecule has 0 bridgehead atoms. The zero-order chi connectivity index (χ0) is 30.9. The molecule has 2 heterocycles. The first-order chi connectivity index (χ1) is 22.6. The second kappa shape index (κ2) is 10.2. The number of fused-ring (bicyclic) bond motifs is 6. The maximum Gasteiger partial charge on any atom is 0.0620 e. The van der Waals surface area contributed by atoms with E-state index in [0.717, 1.165) is 0 Å². The van der Waals surface area contributed by atoms with Gasteiger partial charge in [0.2, 0.25) is 0 Å². The summed E-state index contributed by atoms with van der Waals surface area (Å²) < 4.78 is 2.46. The van der Waals surface area contributed by atoms with Gasteiger partial charge in [-0.25, -0.2) is 0 Å². The van der Waals surface area contributed by atoms with Gasteiger partial charge in [-0.3, -0.25) is 0 Å². The first-order valence-electron chi connectivity index (χ1n) is 16.1. The predicted molar refractivity (Wildman–Crippen MR) is 197 cm³/mol. The Hall–Kier alpha value is -5.66. The fourth-order valence-corrected chi connectivity index (χ4v) is 7.65. The monoisotopic (exact) mass is 587 g/mol. The van der Waals surface area contributed by atoms with E-state index in [1.807, 2.05) is 0 Å². The number of para-hydroxylation sites is 2. The van der Waals surface area contributed by atoms with Gasteiger partial charge >= 0.3 is 0 Å². The smallest absolute Gasteiger partial charge is 0.0620 e. The number of aromatic nitrogens is 1. The van der Waals surface area contributed by atoms with Crippen LogP contribution in [0.5, 0.6) is 0 Å². The van der Waals surface area contributed by atoms with Crippen LogP contribution in [0, 0.1) is 20.8 Å². The number of hydrogen-bond acceptors (Lipinski definition) is 0. The van der Waals surface area contributed by atoms with E-state index in [-0.39, 0.29) is 0 Å². The fourth-order valence-electron chi connectivity index (χ4n) is 7.65. The Morgan fingerprint density at radius 1 is 0.348 bits per heavy atom. The minimum atomic E-state index is 1.24. The summed E-state index contributed by atoms with van der Waals surface area (Å²) in [5, 5.41) is 5.21. The number of hydrogen-bond donors (Lipinski definition) is 0. The average molecular weight is 588 g/mol. The number of nitrogens with zero attached hydrogens (tertiary/aromatic N) is 1. The van der Waals surface area contributed by atoms with Crippen LogP contribution in [0.4, 0.5) is 0 Å². The van der Waals surface area contributed by atoms with Gasteiger partial charge in [0, 0.05) is 21.5 Å². The molecule has 0 saturated heterocycles. The van der Waals surface area contributed by atoms with Crippen LogP contribution in [-0.2, 0) is 0 Å². The summed E-state index contributed by atoms with van der Waals surface area (Å²) >= 11 is 0. The lowest BCUT2D eigenvalue weighted by Crippen LogP contribution is -1.95. The lowest BCUT2D eigenvalue weighted by molar-refractivity contribution is 1.37. The minimum Gasteiger partial charge on any atom is -0.308 e. The summed E-state index contributed by atoms with van der Waals surface area (Å²) in [6.45, 7) is 6.76. The van der Waals surface area contributed by atoms with Crippen molar-refractivity contribution in [1.82, 2.24) is 4.40 Å². The van der Waals surface area contributed by atoms with E-state index >= 15 is 0 Å². The molecule has 0 radical (unpaired) electrons. The van der Waals surface area contributed by atoms with Crippen LogP contribution in [0.3, 0.4) is 0 Å². The van der Waals surface area contributed by atoms with Crippen LogP contribution in [0.2, 0.25) is 0 Å². The third-order valence-electron chi connectivity index (χ3n) is 10.0. The number of benzene rings is 7. The van der Waals surface area contributed by atoms with Gasteiger partial charge in [0.25, 0.3) is 0 Å². The first-order valence-corrected chi connectivity index (χ1v) is 16.1. The van der Waals surface area contributed by atoms with Crippen LogP contribution >= 0.6 is 0 Å². The van der Waals surface area contributed by atoms with Crippen LogP contribution in [0.15, 0.2) is 146 Å². The fraction of sp³-hybridized carbons (Fsp3) is 0.0667. The maximum atomic E-state index is 2.46. The van der Waals surface area contributed by atoms with Gasteiger partial charge in [-0.1, -0.05) is 103 Å². The Kier molecular flexibility index (Phi) is 5.92. The summed E-state index contributed by atoms with van der Waals surface area (Å²) in [5.74, 6) is 0. The van der Waals surface area contributed by atoms with Crippen LogP contribution < -0.4 is 0 Å². The van der Waals surface area contributed by atoms with E-state index in [2.05, 4.69) is 171 Å². The Bertz CT molecular complexity index is 2520. The number of aryl methyl sites for hydroxylation is 2. The first kappa shape index (κ1) is 26.7. The number of rotatable bonds is 4. The Morgan fingerprint density at radius 2 is 0.870 bits per heavy atom. The van der Waals surface area contributed by atoms with Gasteiger partial charge in [0.15, 0.2) is 0 Å². The standard InChI is InChI=1S/C45H33N/c1-28-13-7-8-16-35(28)39-24-33(25-40(30(39)3)38-23-32(22-21-29(38)2)31-14-5-4-6-15-31)34-26-41-36-17-9-11-19-43(36)46-44-20-12-10-18-37(44)42(27-34)45(41)46/h4-27H,1-3H3. The molecule has 9 rings (SSSR count). The van der Waals surface area contributed by atoms with E-state index < -0.39 is 0 Å². The highest BCUT2D eigenvalue weighted by atomic mass is 14.9. The van der Waals surface area contributed by atoms with Gasteiger partial charge in [0.05, 0.1) is 16.6 Å². The largest absolute Gasteiger partial charge is 0.308 e. The summed E-state index contributed by atoms with van der Waals surface area (Å²) in [6, 6.07) is 53.8. The molecule has 0 saturated carbocycles. The SMILES string of the molecule is Cc1ccccc1-c1cc(-c2cc3c4ccccc4n4c5ccccc5c(c2)c34)cc(-c2cc(-c3ccccc3)ccc2C)c1C. The quantitative estimate of drug-likeness (QED) is 0.193. The Morgan fingerprint density at radius 3 is 1.54 bits per heavy atom. The molecule has 0 aliphatic rings. The molecule has 0 spiro atoms. The predicted octanol–water partition coefficient (Wildman–Crippen LogP) is 12.4. The summed E-state index contributed by atoms with van der Waals surface area (Å²) in [6.07, 6.45) is 0. The van der Waals surface area contributed by atoms with Crippen molar-refractivity contribution in [2.24, 2.45) is 0 Å². The van der Waals surface area contributed by atoms with E-state index in [4.69, 9.17) is 0 Å². The molecule has 0 N–H and O–H groups in total. The second-order valence-corrected chi connectivity index (χ2v) is 12.7. The van der Waals surface area contributed by atoms with Crippen molar-refractivity contribution in [3.05, 3.63) is 162 Å². The van der Waals surface area contributed by atoms with Crippen molar-refractivity contribution >= 4 is 38.1 Å². The van der Waals surface area contributed by atoms with E-state index in [0.29, 0.717) is 0 Å². The van der Waals surface area contributed by atoms with Crippen LogP contribution in [-0.4, -0.2) is 4.40 Å². The van der Waals surface area contributed by atoms with Crippen molar-refractivity contribution in [1.29, 1.82) is 0 Å². The topological polar surface area (TPSA) is 4.41 Å². The third-order valence-corrected chi connectivity index (χ3v) is 10.0. The molecule has 1 heteroatoms. The van der Waals surface area contributed by atoms with Crippen molar-refractivity contribution in [2.45, 2.75) is 20.8 Å². The molecule has 0 unspecified atom stereocenters. The second-order valence-electron chi connectivity index (χ2n) is 12.7.